The first kappa shape index (κ1) is 15.7. The molecule has 0 fully saturated rings. The molecule has 0 aliphatic heterocycles. The fourth-order valence-corrected chi connectivity index (χ4v) is 3.60. The second kappa shape index (κ2) is 6.14. The molecule has 0 atom stereocenters. The van der Waals surface area contributed by atoms with Crippen molar-refractivity contribution in [2.75, 3.05) is 19.5 Å². The number of benzene rings is 1. The van der Waals surface area contributed by atoms with Crippen LogP contribution >= 0.6 is 22.9 Å². The first-order chi connectivity index (χ1) is 11.0. The number of rotatable bonds is 4. The summed E-state index contributed by atoms with van der Waals surface area (Å²) in [4.78, 5) is 12.6. The van der Waals surface area contributed by atoms with E-state index in [9.17, 15) is 4.79 Å². The number of thiophene rings is 1. The lowest BCUT2D eigenvalue weighted by atomic mass is 10.2. The predicted octanol–water partition coefficient (Wildman–Crippen LogP) is 4.16. The minimum atomic E-state index is -0.224. The van der Waals surface area contributed by atoms with Gasteiger partial charge in [0.15, 0.2) is 0 Å². The van der Waals surface area contributed by atoms with Crippen LogP contribution in [-0.4, -0.2) is 24.7 Å². The molecule has 0 aliphatic rings. The Bertz CT molecular complexity index is 885. The van der Waals surface area contributed by atoms with E-state index in [1.807, 2.05) is 23.7 Å². The van der Waals surface area contributed by atoms with E-state index >= 15 is 0 Å². The quantitative estimate of drug-likeness (QED) is 0.768. The lowest BCUT2D eigenvalue weighted by Crippen LogP contribution is -2.16. The lowest BCUT2D eigenvalue weighted by Gasteiger charge is -2.12. The summed E-state index contributed by atoms with van der Waals surface area (Å²) in [5.41, 5.74) is 2.04. The largest absolute Gasteiger partial charge is 0.497 e. The molecule has 5 nitrogen and oxygen atoms in total. The maximum Gasteiger partial charge on any atom is 0.272 e. The lowest BCUT2D eigenvalue weighted by molar-refractivity contribution is 0.101. The number of anilines is 1. The molecule has 0 saturated carbocycles. The van der Waals surface area contributed by atoms with Crippen LogP contribution in [0.5, 0.6) is 11.5 Å². The van der Waals surface area contributed by atoms with Crippen LogP contribution in [0.3, 0.4) is 0 Å². The molecule has 0 aliphatic carbocycles. The number of methoxy groups -OCH3 is 2. The van der Waals surface area contributed by atoms with Crippen LogP contribution in [0, 0.1) is 0 Å². The van der Waals surface area contributed by atoms with E-state index < -0.39 is 0 Å². The summed E-state index contributed by atoms with van der Waals surface area (Å²) in [6.07, 6.45) is 0. The van der Waals surface area contributed by atoms with Gasteiger partial charge in [0.05, 0.1) is 34.5 Å². The Balaban J connectivity index is 1.94. The van der Waals surface area contributed by atoms with Gasteiger partial charge in [-0.3, -0.25) is 4.79 Å². The number of carbonyl (C=O) groups is 1. The van der Waals surface area contributed by atoms with Crippen LogP contribution in [0.15, 0.2) is 30.3 Å². The van der Waals surface area contributed by atoms with Crippen molar-refractivity contribution in [2.45, 2.75) is 0 Å². The smallest absolute Gasteiger partial charge is 0.272 e. The maximum absolute atomic E-state index is 12.6. The van der Waals surface area contributed by atoms with Crippen LogP contribution in [0.1, 0.15) is 10.5 Å². The molecule has 3 rings (SSSR count). The Morgan fingerprint density at radius 1 is 1.22 bits per heavy atom. The molecule has 0 radical (unpaired) electrons. The van der Waals surface area contributed by atoms with Gasteiger partial charge in [-0.05, 0) is 24.3 Å². The molecular formula is C16H15ClN2O3S. The number of hydrogen-bond donors (Lipinski definition) is 1. The number of nitrogens with zero attached hydrogens (tertiary/aromatic N) is 1. The number of halogens is 1. The van der Waals surface area contributed by atoms with Gasteiger partial charge in [0.2, 0.25) is 0 Å². The number of aromatic nitrogens is 1. The highest BCUT2D eigenvalue weighted by atomic mass is 35.5. The topological polar surface area (TPSA) is 52.5 Å². The Kier molecular flexibility index (Phi) is 4.19. The molecule has 0 bridgehead atoms. The molecular weight excluding hydrogens is 336 g/mol. The number of amides is 1. The Hall–Kier alpha value is -2.18. The number of aryl methyl sites for hydroxylation is 1. The van der Waals surface area contributed by atoms with Crippen LogP contribution in [-0.2, 0) is 7.05 Å². The van der Waals surface area contributed by atoms with Crippen molar-refractivity contribution in [1.29, 1.82) is 0 Å². The molecule has 7 heteroatoms. The third kappa shape index (κ3) is 2.87. The minimum absolute atomic E-state index is 0.224. The standard InChI is InChI=1S/C16H15ClN2O3S/c1-19-11-8-15(17)23-14(11)7-12(19)16(20)18-10-6-9(21-2)4-5-13(10)22-3/h4-8H,1-3H3,(H,18,20). The molecule has 2 aromatic heterocycles. The zero-order valence-electron chi connectivity index (χ0n) is 12.8. The van der Waals surface area contributed by atoms with Gasteiger partial charge >= 0.3 is 0 Å². The summed E-state index contributed by atoms with van der Waals surface area (Å²) in [5.74, 6) is 0.984. The number of ether oxygens (including phenoxy) is 2. The second-order valence-electron chi connectivity index (χ2n) is 4.91. The van der Waals surface area contributed by atoms with Crippen LogP contribution in [0.4, 0.5) is 5.69 Å². The summed E-state index contributed by atoms with van der Waals surface area (Å²) in [6, 6.07) is 8.92. The van der Waals surface area contributed by atoms with Crippen molar-refractivity contribution >= 4 is 44.7 Å². The summed E-state index contributed by atoms with van der Waals surface area (Å²) < 4.78 is 14.0. The van der Waals surface area contributed by atoms with Gasteiger partial charge < -0.3 is 19.4 Å². The summed E-state index contributed by atoms with van der Waals surface area (Å²) >= 11 is 7.45. The highest BCUT2D eigenvalue weighted by molar-refractivity contribution is 7.22. The molecule has 3 aromatic rings. The summed E-state index contributed by atoms with van der Waals surface area (Å²) in [5, 5.41) is 2.87. The van der Waals surface area contributed by atoms with Crippen molar-refractivity contribution in [3.8, 4) is 11.5 Å². The minimum Gasteiger partial charge on any atom is -0.497 e. The molecule has 1 N–H and O–H groups in total. The molecule has 23 heavy (non-hydrogen) atoms. The Morgan fingerprint density at radius 2 is 2.00 bits per heavy atom. The van der Waals surface area contributed by atoms with Crippen molar-refractivity contribution in [3.63, 3.8) is 0 Å². The van der Waals surface area contributed by atoms with Crippen molar-refractivity contribution in [1.82, 2.24) is 4.57 Å². The number of hydrogen-bond acceptors (Lipinski definition) is 4. The molecule has 120 valence electrons. The zero-order valence-corrected chi connectivity index (χ0v) is 14.4. The van der Waals surface area contributed by atoms with E-state index in [1.54, 1.807) is 32.4 Å². The molecule has 2 heterocycles. The van der Waals surface area contributed by atoms with E-state index in [0.29, 0.717) is 27.2 Å². The fraction of sp³-hybridized carbons (Fsp3) is 0.188. The normalized spacial score (nSPS) is 10.8. The maximum atomic E-state index is 12.6. The second-order valence-corrected chi connectivity index (χ2v) is 6.62. The van der Waals surface area contributed by atoms with Gasteiger partial charge in [0.1, 0.15) is 17.2 Å². The average molecular weight is 351 g/mol. The van der Waals surface area contributed by atoms with Gasteiger partial charge in [0.25, 0.3) is 5.91 Å². The highest BCUT2D eigenvalue weighted by Crippen LogP contribution is 2.33. The van der Waals surface area contributed by atoms with Crippen molar-refractivity contribution < 1.29 is 14.3 Å². The molecule has 0 saturated heterocycles. The van der Waals surface area contributed by atoms with Crippen LogP contribution < -0.4 is 14.8 Å². The monoisotopic (exact) mass is 350 g/mol. The number of carbonyl (C=O) groups excluding carboxylic acids is 1. The summed E-state index contributed by atoms with van der Waals surface area (Å²) in [7, 11) is 4.96. The molecule has 0 unspecified atom stereocenters. The summed E-state index contributed by atoms with van der Waals surface area (Å²) in [6.45, 7) is 0. The van der Waals surface area contributed by atoms with Gasteiger partial charge in [-0.1, -0.05) is 11.6 Å². The molecule has 1 amide bonds. The zero-order chi connectivity index (χ0) is 16.6. The van der Waals surface area contributed by atoms with Gasteiger partial charge in [-0.25, -0.2) is 0 Å². The Labute approximate surface area is 142 Å². The SMILES string of the molecule is COc1ccc(OC)c(NC(=O)c2cc3sc(Cl)cc3n2C)c1. The van der Waals surface area contributed by atoms with E-state index in [4.69, 9.17) is 21.1 Å². The third-order valence-corrected chi connectivity index (χ3v) is 4.79. The third-order valence-electron chi connectivity index (χ3n) is 3.59. The van der Waals surface area contributed by atoms with Crippen LogP contribution in [0.2, 0.25) is 4.34 Å². The van der Waals surface area contributed by atoms with E-state index in [0.717, 1.165) is 10.2 Å². The molecule has 0 spiro atoms. The van der Waals surface area contributed by atoms with E-state index in [-0.39, 0.29) is 5.91 Å². The van der Waals surface area contributed by atoms with Crippen molar-refractivity contribution in [3.05, 3.63) is 40.4 Å². The van der Waals surface area contributed by atoms with E-state index in [2.05, 4.69) is 5.32 Å². The van der Waals surface area contributed by atoms with Gasteiger partial charge in [-0.2, -0.15) is 0 Å². The molecule has 1 aromatic carbocycles. The first-order valence-corrected chi connectivity index (χ1v) is 8.01. The highest BCUT2D eigenvalue weighted by Gasteiger charge is 2.17. The number of nitrogens with one attached hydrogen (secondary N) is 1. The number of fused-ring (bicyclic) bond motifs is 1. The predicted molar refractivity (Wildman–Crippen MR) is 93.3 cm³/mol. The van der Waals surface area contributed by atoms with Gasteiger partial charge in [-0.15, -0.1) is 11.3 Å². The van der Waals surface area contributed by atoms with Crippen LogP contribution in [0.25, 0.3) is 10.2 Å². The van der Waals surface area contributed by atoms with Gasteiger partial charge in [0, 0.05) is 13.1 Å². The fourth-order valence-electron chi connectivity index (χ4n) is 2.40. The van der Waals surface area contributed by atoms with E-state index in [1.165, 1.54) is 11.3 Å². The Morgan fingerprint density at radius 3 is 2.65 bits per heavy atom. The first-order valence-electron chi connectivity index (χ1n) is 6.81. The average Bonchev–Trinajstić information content (AvgIpc) is 3.05. The van der Waals surface area contributed by atoms with Crippen molar-refractivity contribution in [2.24, 2.45) is 7.05 Å².